The highest BCUT2D eigenvalue weighted by Gasteiger charge is 2.31. The van der Waals surface area contributed by atoms with Gasteiger partial charge in [-0.05, 0) is 31.9 Å². The van der Waals surface area contributed by atoms with Crippen molar-refractivity contribution in [2.75, 3.05) is 13.7 Å². The number of hydrogen-bond acceptors (Lipinski definition) is 5. The minimum absolute atomic E-state index is 0.00575. The number of halogens is 1. The molecule has 7 heteroatoms. The lowest BCUT2D eigenvalue weighted by Gasteiger charge is -2.18. The molecule has 1 aliphatic rings. The highest BCUT2D eigenvalue weighted by Crippen LogP contribution is 2.44. The molecule has 0 unspecified atom stereocenters. The third-order valence-electron chi connectivity index (χ3n) is 3.84. The van der Waals surface area contributed by atoms with Gasteiger partial charge in [0.05, 0.1) is 19.2 Å². The van der Waals surface area contributed by atoms with Gasteiger partial charge in [0.25, 0.3) is 0 Å². The molecule has 0 radical (unpaired) electrons. The molecule has 23 heavy (non-hydrogen) atoms. The van der Waals surface area contributed by atoms with Gasteiger partial charge in [-0.1, -0.05) is 12.2 Å². The van der Waals surface area contributed by atoms with E-state index in [0.717, 1.165) is 12.8 Å². The van der Waals surface area contributed by atoms with Gasteiger partial charge in [0.1, 0.15) is 16.0 Å². The highest BCUT2D eigenvalue weighted by atomic mass is 32.1. The zero-order chi connectivity index (χ0) is 16.7. The lowest BCUT2D eigenvalue weighted by Crippen LogP contribution is -2.12. The zero-order valence-corrected chi connectivity index (χ0v) is 13.6. The normalized spacial score (nSPS) is 14.0. The molecule has 122 valence electrons. The van der Waals surface area contributed by atoms with Gasteiger partial charge in [-0.25, -0.2) is 9.18 Å². The molecule has 1 aliphatic carbocycles. The summed E-state index contributed by atoms with van der Waals surface area (Å²) in [5.41, 5.74) is 0.306. The summed E-state index contributed by atoms with van der Waals surface area (Å²) in [4.78, 5) is 12.2. The Balaban J connectivity index is 2.44. The van der Waals surface area contributed by atoms with Crippen molar-refractivity contribution >= 4 is 29.1 Å². The fourth-order valence-electron chi connectivity index (χ4n) is 2.70. The van der Waals surface area contributed by atoms with Crippen LogP contribution in [0.15, 0.2) is 12.1 Å². The summed E-state index contributed by atoms with van der Waals surface area (Å²) in [5.74, 6) is -1.54. The van der Waals surface area contributed by atoms with E-state index in [1.165, 1.54) is 19.2 Å². The van der Waals surface area contributed by atoms with Crippen molar-refractivity contribution in [3.8, 4) is 11.5 Å². The van der Waals surface area contributed by atoms with E-state index in [1.807, 2.05) is 0 Å². The van der Waals surface area contributed by atoms with Crippen LogP contribution >= 0.6 is 12.2 Å². The average molecular weight is 337 g/mol. The molecule has 1 aromatic heterocycles. The molecule has 0 amide bonds. The zero-order valence-electron chi connectivity index (χ0n) is 12.8. The molecule has 1 aromatic carbocycles. The summed E-state index contributed by atoms with van der Waals surface area (Å²) in [6, 6.07) is 2.67. The van der Waals surface area contributed by atoms with Crippen molar-refractivity contribution in [2.45, 2.75) is 25.8 Å². The first-order valence-corrected chi connectivity index (χ1v) is 7.72. The second kappa shape index (κ2) is 5.81. The lowest BCUT2D eigenvalue weighted by atomic mass is 10.1. The molecule has 1 saturated carbocycles. The molecule has 1 N–H and O–H groups in total. The number of pyridine rings is 1. The second-order valence-corrected chi connectivity index (χ2v) is 5.71. The van der Waals surface area contributed by atoms with E-state index in [1.54, 1.807) is 11.5 Å². The molecule has 0 aliphatic heterocycles. The molecule has 0 saturated heterocycles. The molecular weight excluding hydrogens is 321 g/mol. The number of aromatic nitrogens is 1. The van der Waals surface area contributed by atoms with Crippen LogP contribution in [0.1, 0.15) is 36.2 Å². The number of nitrogens with zero attached hydrogens (tertiary/aromatic N) is 1. The van der Waals surface area contributed by atoms with E-state index in [-0.39, 0.29) is 34.4 Å². The van der Waals surface area contributed by atoms with Crippen LogP contribution < -0.4 is 4.74 Å². The summed E-state index contributed by atoms with van der Waals surface area (Å²) in [7, 11) is 1.36. The van der Waals surface area contributed by atoms with E-state index in [9.17, 15) is 14.3 Å². The van der Waals surface area contributed by atoms with Crippen molar-refractivity contribution in [1.29, 1.82) is 0 Å². The van der Waals surface area contributed by atoms with Gasteiger partial charge >= 0.3 is 5.97 Å². The van der Waals surface area contributed by atoms with Gasteiger partial charge in [0, 0.05) is 11.4 Å². The SMILES string of the molecule is CCOC(=O)c1c(O)c2ccc(F)c(OC)c2n(C2CC2)c1=S. The summed E-state index contributed by atoms with van der Waals surface area (Å²) >= 11 is 5.39. The molecule has 2 aromatic rings. The Kier molecular flexibility index (Phi) is 3.97. The molecule has 1 heterocycles. The largest absolute Gasteiger partial charge is 0.506 e. The van der Waals surface area contributed by atoms with Gasteiger partial charge in [0.15, 0.2) is 11.6 Å². The first kappa shape index (κ1) is 15.7. The van der Waals surface area contributed by atoms with Gasteiger partial charge in [-0.15, -0.1) is 0 Å². The Bertz CT molecular complexity index is 858. The van der Waals surface area contributed by atoms with Crippen molar-refractivity contribution in [3.05, 3.63) is 28.2 Å². The molecule has 0 bridgehead atoms. The Labute approximate surface area is 137 Å². The van der Waals surface area contributed by atoms with E-state index < -0.39 is 11.8 Å². The highest BCUT2D eigenvalue weighted by molar-refractivity contribution is 7.71. The maximum Gasteiger partial charge on any atom is 0.344 e. The Hall–Kier alpha value is -2.15. The molecular formula is C16H16FNO4S. The van der Waals surface area contributed by atoms with Crippen molar-refractivity contribution in [2.24, 2.45) is 0 Å². The second-order valence-electron chi connectivity index (χ2n) is 5.33. The minimum Gasteiger partial charge on any atom is -0.506 e. The maximum atomic E-state index is 14.1. The third kappa shape index (κ3) is 2.45. The molecule has 0 spiro atoms. The number of hydrogen-bond donors (Lipinski definition) is 1. The Morgan fingerprint density at radius 3 is 2.74 bits per heavy atom. The monoisotopic (exact) mass is 337 g/mol. The minimum atomic E-state index is -0.686. The average Bonchev–Trinajstić information content (AvgIpc) is 3.32. The standard InChI is InChI=1S/C16H16FNO4S/c1-3-22-16(20)11-13(19)9-6-7-10(17)14(21-2)12(9)18(15(11)23)8-4-5-8/h6-8,19H,3-5H2,1-2H3. The number of esters is 1. The van der Waals surface area contributed by atoms with Crippen LogP contribution in [0, 0.1) is 10.5 Å². The van der Waals surface area contributed by atoms with Crippen LogP contribution in [-0.4, -0.2) is 29.4 Å². The van der Waals surface area contributed by atoms with Crippen LogP contribution in [0.5, 0.6) is 11.5 Å². The fraction of sp³-hybridized carbons (Fsp3) is 0.375. The summed E-state index contributed by atoms with van der Waals surface area (Å²) in [5, 5.41) is 10.8. The number of aromatic hydroxyl groups is 1. The number of rotatable bonds is 4. The van der Waals surface area contributed by atoms with E-state index in [4.69, 9.17) is 21.7 Å². The Morgan fingerprint density at radius 1 is 1.48 bits per heavy atom. The number of benzene rings is 1. The molecule has 0 atom stereocenters. The number of carbonyl (C=O) groups is 1. The topological polar surface area (TPSA) is 60.7 Å². The van der Waals surface area contributed by atoms with E-state index in [0.29, 0.717) is 10.9 Å². The predicted octanol–water partition coefficient (Wildman–Crippen LogP) is 3.74. The number of carbonyl (C=O) groups excluding carboxylic acids is 1. The molecule has 3 rings (SSSR count). The third-order valence-corrected chi connectivity index (χ3v) is 4.25. The van der Waals surface area contributed by atoms with Crippen molar-refractivity contribution in [1.82, 2.24) is 4.57 Å². The van der Waals surface area contributed by atoms with E-state index >= 15 is 0 Å². The Morgan fingerprint density at radius 2 is 2.17 bits per heavy atom. The van der Waals surface area contributed by atoms with Crippen molar-refractivity contribution < 1.29 is 23.8 Å². The smallest absolute Gasteiger partial charge is 0.344 e. The fourth-order valence-corrected chi connectivity index (χ4v) is 3.12. The molecule has 1 fully saturated rings. The lowest BCUT2D eigenvalue weighted by molar-refractivity contribution is 0.0521. The van der Waals surface area contributed by atoms with Crippen LogP contribution in [-0.2, 0) is 4.74 Å². The van der Waals surface area contributed by atoms with Crippen LogP contribution in [0.25, 0.3) is 10.9 Å². The first-order valence-electron chi connectivity index (χ1n) is 7.32. The number of fused-ring (bicyclic) bond motifs is 1. The summed E-state index contributed by atoms with van der Waals surface area (Å²) in [6.45, 7) is 1.84. The first-order chi connectivity index (χ1) is 11.0. The van der Waals surface area contributed by atoms with E-state index in [2.05, 4.69) is 0 Å². The number of methoxy groups -OCH3 is 1. The van der Waals surface area contributed by atoms with Crippen LogP contribution in [0.4, 0.5) is 4.39 Å². The molecule has 5 nitrogen and oxygen atoms in total. The summed E-state index contributed by atoms with van der Waals surface area (Å²) < 4.78 is 26.1. The predicted molar refractivity (Wildman–Crippen MR) is 85.2 cm³/mol. The van der Waals surface area contributed by atoms with Crippen LogP contribution in [0.2, 0.25) is 0 Å². The van der Waals surface area contributed by atoms with Crippen LogP contribution in [0.3, 0.4) is 0 Å². The van der Waals surface area contributed by atoms with Gasteiger partial charge in [-0.2, -0.15) is 0 Å². The van der Waals surface area contributed by atoms with Crippen molar-refractivity contribution in [3.63, 3.8) is 0 Å². The van der Waals surface area contributed by atoms with Gasteiger partial charge in [-0.3, -0.25) is 0 Å². The maximum absolute atomic E-state index is 14.1. The number of ether oxygens (including phenoxy) is 2. The van der Waals surface area contributed by atoms with Gasteiger partial charge in [0.2, 0.25) is 0 Å². The summed E-state index contributed by atoms with van der Waals surface area (Å²) in [6.07, 6.45) is 1.74. The quantitative estimate of drug-likeness (QED) is 0.680. The van der Waals surface area contributed by atoms with Gasteiger partial charge < -0.3 is 19.1 Å².